The lowest BCUT2D eigenvalue weighted by Crippen LogP contribution is -2.09. The van der Waals surface area contributed by atoms with Gasteiger partial charge in [-0.2, -0.15) is 5.10 Å². The van der Waals surface area contributed by atoms with Crippen molar-refractivity contribution in [2.45, 2.75) is 104 Å². The van der Waals surface area contributed by atoms with Gasteiger partial charge < -0.3 is 4.43 Å². The van der Waals surface area contributed by atoms with Gasteiger partial charge in [-0.05, 0) is 55.0 Å². The minimum atomic E-state index is -0.611. The molecule has 2 aromatic heterocycles. The van der Waals surface area contributed by atoms with E-state index in [1.54, 1.807) is 0 Å². The summed E-state index contributed by atoms with van der Waals surface area (Å²) in [7, 11) is -0.611. The lowest BCUT2D eigenvalue weighted by atomic mass is 9.88. The molecule has 2 aromatic rings. The van der Waals surface area contributed by atoms with Crippen LogP contribution in [0.15, 0.2) is 30.5 Å². The number of unbranched alkanes of at least 4 members (excludes halogenated alkanes) is 5. The van der Waals surface area contributed by atoms with E-state index in [2.05, 4.69) is 48.9 Å². The summed E-state index contributed by atoms with van der Waals surface area (Å²) in [6.45, 7) is 9.35. The Morgan fingerprint density at radius 2 is 1.59 bits per heavy atom. The molecule has 0 amide bonds. The van der Waals surface area contributed by atoms with E-state index in [-0.39, 0.29) is 0 Å². The number of rotatable bonds is 17. The van der Waals surface area contributed by atoms with E-state index in [1.165, 1.54) is 70.3 Å². The summed E-state index contributed by atoms with van der Waals surface area (Å²) in [5.41, 5.74) is 2.70. The molecule has 32 heavy (non-hydrogen) atoms. The molecule has 4 nitrogen and oxygen atoms in total. The van der Waals surface area contributed by atoms with Crippen LogP contribution in [0.25, 0.3) is 11.4 Å². The molecular weight excluding hydrogens is 410 g/mol. The summed E-state index contributed by atoms with van der Waals surface area (Å²) in [6, 6.07) is 9.32. The number of pyridine rings is 1. The van der Waals surface area contributed by atoms with Gasteiger partial charge in [-0.1, -0.05) is 85.5 Å². The number of aryl methyl sites for hydroxylation is 1. The van der Waals surface area contributed by atoms with Crippen molar-refractivity contribution >= 4 is 9.76 Å². The predicted molar refractivity (Wildman–Crippen MR) is 139 cm³/mol. The van der Waals surface area contributed by atoms with Crippen LogP contribution in [0.4, 0.5) is 0 Å². The van der Waals surface area contributed by atoms with Gasteiger partial charge in [-0.3, -0.25) is 4.98 Å². The highest BCUT2D eigenvalue weighted by molar-refractivity contribution is 6.28. The smallest absolute Gasteiger partial charge is 0.219 e. The monoisotopic (exact) mass is 455 g/mol. The molecule has 2 unspecified atom stereocenters. The topological polar surface area (TPSA) is 47.9 Å². The first-order valence-corrected chi connectivity index (χ1v) is 14.6. The fourth-order valence-electron chi connectivity index (χ4n) is 4.07. The van der Waals surface area contributed by atoms with Crippen LogP contribution in [0.5, 0.6) is 5.75 Å². The van der Waals surface area contributed by atoms with Crippen molar-refractivity contribution in [3.8, 4) is 17.1 Å². The molecule has 0 N–H and O–H groups in total. The molecule has 0 saturated heterocycles. The van der Waals surface area contributed by atoms with Gasteiger partial charge in [-0.25, -0.2) is 0 Å². The first-order chi connectivity index (χ1) is 15.7. The highest BCUT2D eigenvalue weighted by atomic mass is 28.2. The third kappa shape index (κ3) is 9.80. The molecule has 0 spiro atoms. The molecule has 0 aliphatic heterocycles. The van der Waals surface area contributed by atoms with E-state index in [9.17, 15) is 0 Å². The number of aromatic nitrogens is 3. The van der Waals surface area contributed by atoms with Gasteiger partial charge in [0.25, 0.3) is 0 Å². The molecule has 0 saturated carbocycles. The van der Waals surface area contributed by atoms with Crippen molar-refractivity contribution in [1.82, 2.24) is 15.2 Å². The first kappa shape index (κ1) is 26.5. The van der Waals surface area contributed by atoms with Crippen LogP contribution >= 0.6 is 0 Å². The van der Waals surface area contributed by atoms with Gasteiger partial charge in [0.05, 0.1) is 5.69 Å². The van der Waals surface area contributed by atoms with Gasteiger partial charge in [0, 0.05) is 6.20 Å². The highest BCUT2D eigenvalue weighted by Gasteiger charge is 2.12. The molecule has 2 atom stereocenters. The third-order valence-corrected chi connectivity index (χ3v) is 7.87. The fraction of sp³-hybridized carbons (Fsp3) is 0.667. The molecule has 2 rings (SSSR count). The second kappa shape index (κ2) is 16.0. The van der Waals surface area contributed by atoms with Crippen LogP contribution < -0.4 is 4.43 Å². The zero-order valence-corrected chi connectivity index (χ0v) is 22.4. The Morgan fingerprint density at radius 3 is 2.31 bits per heavy atom. The Balaban J connectivity index is 1.78. The van der Waals surface area contributed by atoms with Crippen molar-refractivity contribution in [3.63, 3.8) is 0 Å². The van der Waals surface area contributed by atoms with Crippen molar-refractivity contribution in [2.75, 3.05) is 0 Å². The second-order valence-corrected chi connectivity index (χ2v) is 10.8. The Labute approximate surface area is 198 Å². The van der Waals surface area contributed by atoms with Gasteiger partial charge in [0.1, 0.15) is 17.1 Å². The van der Waals surface area contributed by atoms with Crippen LogP contribution in [-0.4, -0.2) is 24.9 Å². The van der Waals surface area contributed by atoms with E-state index in [4.69, 9.17) is 4.43 Å². The average Bonchev–Trinajstić information content (AvgIpc) is 2.82. The Hall–Kier alpha value is -1.75. The normalized spacial score (nSPS) is 13.5. The molecule has 0 aromatic carbocycles. The molecule has 0 aliphatic rings. The lowest BCUT2D eigenvalue weighted by Gasteiger charge is -2.19. The van der Waals surface area contributed by atoms with E-state index in [1.807, 2.05) is 24.4 Å². The van der Waals surface area contributed by atoms with Crippen LogP contribution in [0.2, 0.25) is 6.04 Å². The summed E-state index contributed by atoms with van der Waals surface area (Å²) in [4.78, 5) is 4.55. The Kier molecular flexibility index (Phi) is 13.2. The summed E-state index contributed by atoms with van der Waals surface area (Å²) < 4.78 is 6.24. The van der Waals surface area contributed by atoms with E-state index < -0.39 is 9.76 Å². The summed E-state index contributed by atoms with van der Waals surface area (Å²) in [6.07, 6.45) is 15.8. The SMILES string of the molecule is CCCCCCCc1ccc(-c2ncccc2O[SiH2]CCCC(C)C(C)CCCC)nn1. The average molecular weight is 456 g/mol. The number of hydrogen-bond donors (Lipinski definition) is 0. The first-order valence-electron chi connectivity index (χ1n) is 13.1. The van der Waals surface area contributed by atoms with Crippen LogP contribution in [0.3, 0.4) is 0 Å². The molecule has 0 radical (unpaired) electrons. The standard InChI is InChI=1S/C27H45N3OSi/c1-5-7-9-10-11-16-24-18-19-25(30-29-24)27-26(17-12-20-28-27)31-32-21-13-15-23(4)22(3)14-8-6-2/h12,17-20,22-23H,5-11,13-16,21,32H2,1-4H3. The van der Waals surface area contributed by atoms with Crippen molar-refractivity contribution in [2.24, 2.45) is 11.8 Å². The molecule has 0 fully saturated rings. The summed E-state index contributed by atoms with van der Waals surface area (Å²) in [5.74, 6) is 2.51. The highest BCUT2D eigenvalue weighted by Crippen LogP contribution is 2.26. The molecule has 2 heterocycles. The lowest BCUT2D eigenvalue weighted by molar-refractivity contribution is 0.333. The largest absolute Gasteiger partial charge is 0.548 e. The van der Waals surface area contributed by atoms with Gasteiger partial charge in [0.15, 0.2) is 0 Å². The van der Waals surface area contributed by atoms with Crippen molar-refractivity contribution in [3.05, 3.63) is 36.2 Å². The van der Waals surface area contributed by atoms with Crippen LogP contribution in [0.1, 0.15) is 97.6 Å². The maximum absolute atomic E-state index is 6.24. The maximum Gasteiger partial charge on any atom is 0.219 e. The summed E-state index contributed by atoms with van der Waals surface area (Å²) in [5, 5.41) is 8.91. The zero-order chi connectivity index (χ0) is 23.0. The van der Waals surface area contributed by atoms with Crippen molar-refractivity contribution < 1.29 is 4.43 Å². The van der Waals surface area contributed by atoms with Gasteiger partial charge in [0.2, 0.25) is 9.76 Å². The minimum absolute atomic E-state index is 0.611. The van der Waals surface area contributed by atoms with E-state index in [0.717, 1.165) is 41.1 Å². The second-order valence-electron chi connectivity index (χ2n) is 9.37. The molecule has 0 aliphatic carbocycles. The number of hydrogen-bond acceptors (Lipinski definition) is 4. The molecule has 178 valence electrons. The molecule has 5 heteroatoms. The maximum atomic E-state index is 6.24. The Morgan fingerprint density at radius 1 is 0.844 bits per heavy atom. The van der Waals surface area contributed by atoms with Gasteiger partial charge in [-0.15, -0.1) is 5.10 Å². The van der Waals surface area contributed by atoms with Crippen molar-refractivity contribution in [1.29, 1.82) is 0 Å². The molecule has 0 bridgehead atoms. The summed E-state index contributed by atoms with van der Waals surface area (Å²) >= 11 is 0. The fourth-order valence-corrected chi connectivity index (χ4v) is 5.16. The predicted octanol–water partition coefficient (Wildman–Crippen LogP) is 7.18. The molecular formula is C27H45N3OSi. The van der Waals surface area contributed by atoms with Crippen LogP contribution in [0, 0.1) is 11.8 Å². The third-order valence-electron chi connectivity index (χ3n) is 6.57. The van der Waals surface area contributed by atoms with Crippen LogP contribution in [-0.2, 0) is 6.42 Å². The Bertz CT molecular complexity index is 738. The van der Waals surface area contributed by atoms with E-state index >= 15 is 0 Å². The minimum Gasteiger partial charge on any atom is -0.548 e. The quantitative estimate of drug-likeness (QED) is 0.187. The van der Waals surface area contributed by atoms with Gasteiger partial charge >= 0.3 is 0 Å². The number of nitrogens with zero attached hydrogens (tertiary/aromatic N) is 3. The van der Waals surface area contributed by atoms with E-state index in [0.29, 0.717) is 0 Å². The zero-order valence-electron chi connectivity index (χ0n) is 21.0.